The number of hydrogen-bond donors (Lipinski definition) is 1. The zero-order valence-electron chi connectivity index (χ0n) is 17.8. The summed E-state index contributed by atoms with van der Waals surface area (Å²) in [7, 11) is -3.71. The van der Waals surface area contributed by atoms with Crippen LogP contribution in [0.3, 0.4) is 0 Å². The number of aryl methyl sites for hydroxylation is 2. The van der Waals surface area contributed by atoms with Gasteiger partial charge in [-0.3, -0.25) is 4.79 Å². The molecule has 10 nitrogen and oxygen atoms in total. The molecular weight excluding hydrogens is 452 g/mol. The summed E-state index contributed by atoms with van der Waals surface area (Å²) < 4.78 is 33.6. The smallest absolute Gasteiger partial charge is 0.248 e. The van der Waals surface area contributed by atoms with Gasteiger partial charge in [0.1, 0.15) is 10.6 Å². The fourth-order valence-electron chi connectivity index (χ4n) is 3.60. The Morgan fingerprint density at radius 2 is 1.84 bits per heavy atom. The van der Waals surface area contributed by atoms with Crippen molar-refractivity contribution in [3.05, 3.63) is 48.0 Å². The number of thioether (sulfide) groups is 1. The van der Waals surface area contributed by atoms with Crippen LogP contribution in [0.15, 0.2) is 51.1 Å². The molecule has 0 spiro atoms. The zero-order valence-corrected chi connectivity index (χ0v) is 19.4. The number of benzene rings is 1. The van der Waals surface area contributed by atoms with Crippen LogP contribution in [0.1, 0.15) is 11.5 Å². The molecule has 3 heterocycles. The molecule has 1 aromatic carbocycles. The van der Waals surface area contributed by atoms with E-state index in [2.05, 4.69) is 10.1 Å². The van der Waals surface area contributed by atoms with Crippen molar-refractivity contribution >= 4 is 27.7 Å². The SMILES string of the molecule is Cc1noc(C)c1S(=O)(=O)N1CCN(C(=O)CSc2nc(-c3ccccc3)cn2N)CC1. The number of rotatable bonds is 6. The van der Waals surface area contributed by atoms with Gasteiger partial charge in [0, 0.05) is 31.7 Å². The Morgan fingerprint density at radius 3 is 2.47 bits per heavy atom. The first-order chi connectivity index (χ1) is 15.3. The molecule has 1 aliphatic heterocycles. The van der Waals surface area contributed by atoms with E-state index in [0.29, 0.717) is 23.9 Å². The van der Waals surface area contributed by atoms with Gasteiger partial charge in [0.15, 0.2) is 10.9 Å². The molecule has 2 N–H and O–H groups in total. The number of nitrogen functional groups attached to an aromatic ring is 1. The summed E-state index contributed by atoms with van der Waals surface area (Å²) in [5.41, 5.74) is 2.02. The molecule has 12 heteroatoms. The molecule has 0 aliphatic carbocycles. The van der Waals surface area contributed by atoms with Crippen LogP contribution in [-0.4, -0.2) is 70.3 Å². The van der Waals surface area contributed by atoms with Crippen molar-refractivity contribution in [1.82, 2.24) is 24.0 Å². The highest BCUT2D eigenvalue weighted by molar-refractivity contribution is 7.99. The lowest BCUT2D eigenvalue weighted by atomic mass is 10.2. The number of aromatic nitrogens is 3. The Morgan fingerprint density at radius 1 is 1.16 bits per heavy atom. The molecule has 2 aromatic heterocycles. The van der Waals surface area contributed by atoms with Crippen molar-refractivity contribution in [2.45, 2.75) is 23.9 Å². The monoisotopic (exact) mass is 476 g/mol. The van der Waals surface area contributed by atoms with Gasteiger partial charge in [-0.1, -0.05) is 47.3 Å². The molecule has 0 saturated carbocycles. The van der Waals surface area contributed by atoms with E-state index in [9.17, 15) is 13.2 Å². The number of nitrogens with two attached hydrogens (primary N) is 1. The zero-order chi connectivity index (χ0) is 22.9. The van der Waals surface area contributed by atoms with E-state index in [0.717, 1.165) is 11.3 Å². The first-order valence-electron chi connectivity index (χ1n) is 10.0. The van der Waals surface area contributed by atoms with Gasteiger partial charge >= 0.3 is 0 Å². The Bertz CT molecular complexity index is 1190. The van der Waals surface area contributed by atoms with E-state index in [1.165, 1.54) is 20.7 Å². The van der Waals surface area contributed by atoms with Gasteiger partial charge in [-0.25, -0.2) is 18.1 Å². The molecule has 4 rings (SSSR count). The van der Waals surface area contributed by atoms with Crippen molar-refractivity contribution in [3.8, 4) is 11.3 Å². The predicted molar refractivity (Wildman–Crippen MR) is 120 cm³/mol. The Labute approximate surface area is 190 Å². The summed E-state index contributed by atoms with van der Waals surface area (Å²) in [5.74, 6) is 6.35. The molecule has 0 bridgehead atoms. The summed E-state index contributed by atoms with van der Waals surface area (Å²) in [5, 5.41) is 4.27. The maximum absolute atomic E-state index is 12.9. The third-order valence-corrected chi connectivity index (χ3v) is 8.35. The molecule has 1 aliphatic rings. The largest absolute Gasteiger partial charge is 0.360 e. The van der Waals surface area contributed by atoms with Crippen LogP contribution >= 0.6 is 11.8 Å². The van der Waals surface area contributed by atoms with Gasteiger partial charge in [0.2, 0.25) is 15.9 Å². The first-order valence-corrected chi connectivity index (χ1v) is 12.4. The normalized spacial score (nSPS) is 15.2. The van der Waals surface area contributed by atoms with Gasteiger partial charge in [0.25, 0.3) is 0 Å². The topological polar surface area (TPSA) is 128 Å². The minimum absolute atomic E-state index is 0.0892. The minimum atomic E-state index is -3.71. The third-order valence-electron chi connectivity index (χ3n) is 5.25. The Kier molecular flexibility index (Phi) is 6.26. The molecule has 1 saturated heterocycles. The summed E-state index contributed by atoms with van der Waals surface area (Å²) >= 11 is 1.26. The molecule has 0 atom stereocenters. The van der Waals surface area contributed by atoms with Crippen LogP contribution in [0.2, 0.25) is 0 Å². The lowest BCUT2D eigenvalue weighted by Crippen LogP contribution is -2.51. The maximum Gasteiger partial charge on any atom is 0.248 e. The van der Waals surface area contributed by atoms with Crippen molar-refractivity contribution in [2.24, 2.45) is 0 Å². The van der Waals surface area contributed by atoms with Crippen LogP contribution in [0.5, 0.6) is 0 Å². The van der Waals surface area contributed by atoms with Crippen LogP contribution in [-0.2, 0) is 14.8 Å². The molecule has 32 heavy (non-hydrogen) atoms. The second-order valence-corrected chi connectivity index (χ2v) is 10.2. The summed E-state index contributed by atoms with van der Waals surface area (Å²) in [6.07, 6.45) is 1.72. The maximum atomic E-state index is 12.9. The highest BCUT2D eigenvalue weighted by Gasteiger charge is 2.34. The van der Waals surface area contributed by atoms with Gasteiger partial charge in [0.05, 0.1) is 17.6 Å². The fraction of sp³-hybridized carbons (Fsp3) is 0.350. The molecule has 1 fully saturated rings. The van der Waals surface area contributed by atoms with Gasteiger partial charge in [-0.15, -0.1) is 0 Å². The highest BCUT2D eigenvalue weighted by atomic mass is 32.2. The number of carbonyl (C=O) groups excluding carboxylic acids is 1. The van der Waals surface area contributed by atoms with E-state index in [-0.39, 0.29) is 35.4 Å². The number of imidazole rings is 1. The van der Waals surface area contributed by atoms with Crippen LogP contribution in [0, 0.1) is 13.8 Å². The van der Waals surface area contributed by atoms with Crippen LogP contribution in [0.25, 0.3) is 11.3 Å². The number of amides is 1. The number of carbonyl (C=O) groups is 1. The second-order valence-electron chi connectivity index (χ2n) is 7.41. The highest BCUT2D eigenvalue weighted by Crippen LogP contribution is 2.25. The van der Waals surface area contributed by atoms with Crippen molar-refractivity contribution in [3.63, 3.8) is 0 Å². The van der Waals surface area contributed by atoms with Crippen LogP contribution in [0.4, 0.5) is 0 Å². The van der Waals surface area contributed by atoms with Crippen molar-refractivity contribution in [1.29, 1.82) is 0 Å². The molecule has 3 aromatic rings. The first kappa shape index (κ1) is 22.4. The lowest BCUT2D eigenvalue weighted by molar-refractivity contribution is -0.129. The number of piperazine rings is 1. The minimum Gasteiger partial charge on any atom is -0.360 e. The molecule has 170 valence electrons. The van der Waals surface area contributed by atoms with E-state index < -0.39 is 10.0 Å². The number of sulfonamides is 1. The predicted octanol–water partition coefficient (Wildman–Crippen LogP) is 1.49. The van der Waals surface area contributed by atoms with Crippen LogP contribution < -0.4 is 5.84 Å². The standard InChI is InChI=1S/C20H24N6O4S2/c1-14-19(15(2)30-23-14)32(28,29)25-10-8-24(9-11-25)18(27)13-31-20-22-17(12-26(20)21)16-6-4-3-5-7-16/h3-7,12H,8-11,13,21H2,1-2H3. The quantitative estimate of drug-likeness (QED) is 0.419. The molecule has 0 radical (unpaired) electrons. The average molecular weight is 477 g/mol. The van der Waals surface area contributed by atoms with Crippen molar-refractivity contribution in [2.75, 3.05) is 37.8 Å². The number of nitrogens with zero attached hydrogens (tertiary/aromatic N) is 5. The van der Waals surface area contributed by atoms with Gasteiger partial charge < -0.3 is 15.3 Å². The van der Waals surface area contributed by atoms with Gasteiger partial charge in [-0.2, -0.15) is 4.31 Å². The Hall–Kier alpha value is -2.83. The van der Waals surface area contributed by atoms with E-state index in [1.54, 1.807) is 24.9 Å². The Balaban J connectivity index is 1.34. The summed E-state index contributed by atoms with van der Waals surface area (Å²) in [6.45, 7) is 4.24. The summed E-state index contributed by atoms with van der Waals surface area (Å²) in [6, 6.07) is 9.66. The lowest BCUT2D eigenvalue weighted by Gasteiger charge is -2.33. The van der Waals surface area contributed by atoms with E-state index in [1.807, 2.05) is 30.3 Å². The van der Waals surface area contributed by atoms with Crippen molar-refractivity contribution < 1.29 is 17.7 Å². The average Bonchev–Trinajstić information content (AvgIpc) is 3.34. The van der Waals surface area contributed by atoms with Gasteiger partial charge in [-0.05, 0) is 13.8 Å². The van der Waals surface area contributed by atoms with E-state index in [4.69, 9.17) is 10.4 Å². The fourth-order valence-corrected chi connectivity index (χ4v) is 6.11. The van der Waals surface area contributed by atoms with E-state index >= 15 is 0 Å². The molecule has 1 amide bonds. The molecule has 0 unspecified atom stereocenters. The third kappa shape index (κ3) is 4.38. The second kappa shape index (κ2) is 8.96. The number of hydrogen-bond acceptors (Lipinski definition) is 8. The molecular formula is C20H24N6O4S2. The summed E-state index contributed by atoms with van der Waals surface area (Å²) in [4.78, 5) is 19.0.